The number of nitrogens with zero attached hydrogens (tertiary/aromatic N) is 1. The number of carbonyl (C=O) groups excluding carboxylic acids is 1. The normalized spacial score (nSPS) is 16.8. The molecule has 0 spiro atoms. The van der Waals surface area contributed by atoms with Gasteiger partial charge in [-0.1, -0.05) is 36.4 Å². The highest BCUT2D eigenvalue weighted by Gasteiger charge is 2.38. The lowest BCUT2D eigenvalue weighted by atomic mass is 9.80. The van der Waals surface area contributed by atoms with E-state index in [1.807, 2.05) is 6.07 Å². The summed E-state index contributed by atoms with van der Waals surface area (Å²) in [5.41, 5.74) is 4.92. The Morgan fingerprint density at radius 1 is 1.14 bits per heavy atom. The van der Waals surface area contributed by atoms with Crippen molar-refractivity contribution in [2.45, 2.75) is 45.7 Å². The van der Waals surface area contributed by atoms with Gasteiger partial charge in [0.2, 0.25) is 5.91 Å². The van der Waals surface area contributed by atoms with E-state index in [4.69, 9.17) is 0 Å². The van der Waals surface area contributed by atoms with Crippen LogP contribution >= 0.6 is 0 Å². The molecule has 0 radical (unpaired) electrons. The summed E-state index contributed by atoms with van der Waals surface area (Å²) >= 11 is 0. The maximum atomic E-state index is 14.6. The third-order valence-electron chi connectivity index (χ3n) is 6.26. The van der Waals surface area contributed by atoms with Gasteiger partial charge >= 0.3 is 0 Å². The Hall–Kier alpha value is -2.66. The van der Waals surface area contributed by atoms with Gasteiger partial charge in [-0.25, -0.2) is 4.39 Å². The SMILES string of the molecule is CC(=O)NC1(c2ccccc2F)CCN(Cc2c(C)[nH]c3c(C)cccc23)CC1. The largest absolute Gasteiger partial charge is 0.358 e. The maximum absolute atomic E-state index is 14.6. The van der Waals surface area contributed by atoms with Crippen molar-refractivity contribution >= 4 is 16.8 Å². The monoisotopic (exact) mass is 393 g/mol. The minimum absolute atomic E-state index is 0.121. The van der Waals surface area contributed by atoms with E-state index in [9.17, 15) is 9.18 Å². The van der Waals surface area contributed by atoms with Crippen LogP contribution in [0.1, 0.15) is 42.1 Å². The molecule has 1 aromatic heterocycles. The summed E-state index contributed by atoms with van der Waals surface area (Å²) in [6, 6.07) is 13.2. The minimum atomic E-state index is -0.639. The number of para-hydroxylation sites is 1. The number of benzene rings is 2. The van der Waals surface area contributed by atoms with Crippen LogP contribution in [0.5, 0.6) is 0 Å². The van der Waals surface area contributed by atoms with Crippen LogP contribution in [0.15, 0.2) is 42.5 Å². The number of aromatic nitrogens is 1. The predicted molar refractivity (Wildman–Crippen MR) is 114 cm³/mol. The molecule has 1 aliphatic rings. The van der Waals surface area contributed by atoms with Gasteiger partial charge in [-0.3, -0.25) is 9.69 Å². The molecule has 1 saturated heterocycles. The van der Waals surface area contributed by atoms with E-state index in [1.165, 1.54) is 40.7 Å². The molecule has 1 fully saturated rings. The fourth-order valence-corrected chi connectivity index (χ4v) is 4.72. The molecule has 4 nitrogen and oxygen atoms in total. The van der Waals surface area contributed by atoms with Crippen LogP contribution in [-0.2, 0) is 16.9 Å². The fraction of sp³-hybridized carbons (Fsp3) is 0.375. The highest BCUT2D eigenvalue weighted by Crippen LogP contribution is 2.36. The highest BCUT2D eigenvalue weighted by molar-refractivity contribution is 5.87. The summed E-state index contributed by atoms with van der Waals surface area (Å²) in [6.45, 7) is 8.20. The molecule has 1 aliphatic heterocycles. The van der Waals surface area contributed by atoms with Crippen molar-refractivity contribution in [1.82, 2.24) is 15.2 Å². The minimum Gasteiger partial charge on any atom is -0.358 e. The first-order valence-electron chi connectivity index (χ1n) is 10.2. The molecule has 5 heteroatoms. The highest BCUT2D eigenvalue weighted by atomic mass is 19.1. The molecule has 0 atom stereocenters. The molecule has 0 aliphatic carbocycles. The smallest absolute Gasteiger partial charge is 0.217 e. The van der Waals surface area contributed by atoms with E-state index in [1.54, 1.807) is 12.1 Å². The van der Waals surface area contributed by atoms with Crippen LogP contribution in [0.3, 0.4) is 0 Å². The van der Waals surface area contributed by atoms with Crippen molar-refractivity contribution in [3.63, 3.8) is 0 Å². The number of H-pyrrole nitrogens is 1. The summed E-state index contributed by atoms with van der Waals surface area (Å²) in [5.74, 6) is -0.373. The second kappa shape index (κ2) is 7.64. The molecular formula is C24H28FN3O. The molecule has 29 heavy (non-hydrogen) atoms. The Labute approximate surface area is 171 Å². The average molecular weight is 394 g/mol. The summed E-state index contributed by atoms with van der Waals surface area (Å²) < 4.78 is 14.6. The number of hydrogen-bond donors (Lipinski definition) is 2. The van der Waals surface area contributed by atoms with Crippen molar-refractivity contribution < 1.29 is 9.18 Å². The number of nitrogens with one attached hydrogen (secondary N) is 2. The summed E-state index contributed by atoms with van der Waals surface area (Å²) in [4.78, 5) is 17.8. The second-order valence-electron chi connectivity index (χ2n) is 8.25. The molecular weight excluding hydrogens is 365 g/mol. The van der Waals surface area contributed by atoms with E-state index in [-0.39, 0.29) is 11.7 Å². The van der Waals surface area contributed by atoms with Crippen molar-refractivity contribution in [2.75, 3.05) is 13.1 Å². The van der Waals surface area contributed by atoms with Gasteiger partial charge < -0.3 is 10.3 Å². The van der Waals surface area contributed by atoms with Gasteiger partial charge in [0, 0.05) is 48.7 Å². The zero-order valence-electron chi connectivity index (χ0n) is 17.3. The zero-order valence-corrected chi connectivity index (χ0v) is 17.3. The van der Waals surface area contributed by atoms with E-state index in [2.05, 4.69) is 47.2 Å². The van der Waals surface area contributed by atoms with Crippen LogP contribution in [0.4, 0.5) is 4.39 Å². The van der Waals surface area contributed by atoms with E-state index < -0.39 is 5.54 Å². The summed E-state index contributed by atoms with van der Waals surface area (Å²) in [6.07, 6.45) is 1.38. The zero-order chi connectivity index (χ0) is 20.6. The molecule has 0 saturated carbocycles. The van der Waals surface area contributed by atoms with Gasteiger partial charge in [-0.15, -0.1) is 0 Å². The second-order valence-corrected chi connectivity index (χ2v) is 8.25. The lowest BCUT2D eigenvalue weighted by Crippen LogP contribution is -2.52. The quantitative estimate of drug-likeness (QED) is 0.683. The number of amides is 1. The molecule has 2 heterocycles. The Kier molecular flexibility index (Phi) is 5.17. The number of rotatable bonds is 4. The Morgan fingerprint density at radius 3 is 2.55 bits per heavy atom. The van der Waals surface area contributed by atoms with Gasteiger partial charge in [0.05, 0.1) is 5.54 Å². The van der Waals surface area contributed by atoms with Gasteiger partial charge in [0.15, 0.2) is 0 Å². The molecule has 0 unspecified atom stereocenters. The third-order valence-corrected chi connectivity index (χ3v) is 6.26. The number of hydrogen-bond acceptors (Lipinski definition) is 2. The molecule has 2 N–H and O–H groups in total. The van der Waals surface area contributed by atoms with Crippen LogP contribution in [0.25, 0.3) is 10.9 Å². The summed E-state index contributed by atoms with van der Waals surface area (Å²) in [7, 11) is 0. The molecule has 152 valence electrons. The topological polar surface area (TPSA) is 48.1 Å². The number of aryl methyl sites for hydroxylation is 2. The fourth-order valence-electron chi connectivity index (χ4n) is 4.72. The first-order valence-corrected chi connectivity index (χ1v) is 10.2. The number of carbonyl (C=O) groups is 1. The van der Waals surface area contributed by atoms with Gasteiger partial charge in [0.25, 0.3) is 0 Å². The number of aromatic amines is 1. The number of fused-ring (bicyclic) bond motifs is 1. The molecule has 1 amide bonds. The number of halogens is 1. The number of piperidine rings is 1. The van der Waals surface area contributed by atoms with Crippen LogP contribution in [-0.4, -0.2) is 28.9 Å². The third kappa shape index (κ3) is 3.67. The predicted octanol–water partition coefficient (Wildman–Crippen LogP) is 4.55. The lowest BCUT2D eigenvalue weighted by molar-refractivity contribution is -0.121. The van der Waals surface area contributed by atoms with Crippen LogP contribution in [0.2, 0.25) is 0 Å². The van der Waals surface area contributed by atoms with Gasteiger partial charge in [-0.2, -0.15) is 0 Å². The van der Waals surface area contributed by atoms with Crippen molar-refractivity contribution in [2.24, 2.45) is 0 Å². The van der Waals surface area contributed by atoms with E-state index >= 15 is 0 Å². The van der Waals surface area contributed by atoms with Crippen molar-refractivity contribution in [3.05, 3.63) is 70.7 Å². The molecule has 4 rings (SSSR count). The first-order chi connectivity index (χ1) is 13.9. The maximum Gasteiger partial charge on any atom is 0.217 e. The average Bonchev–Trinajstić information content (AvgIpc) is 3.00. The lowest BCUT2D eigenvalue weighted by Gasteiger charge is -2.42. The Morgan fingerprint density at radius 2 is 1.86 bits per heavy atom. The van der Waals surface area contributed by atoms with Gasteiger partial charge in [0.1, 0.15) is 5.82 Å². The van der Waals surface area contributed by atoms with E-state index in [0.717, 1.165) is 19.6 Å². The van der Waals surface area contributed by atoms with Crippen LogP contribution in [0, 0.1) is 19.7 Å². The van der Waals surface area contributed by atoms with Gasteiger partial charge in [-0.05, 0) is 43.9 Å². The van der Waals surface area contributed by atoms with Crippen molar-refractivity contribution in [3.8, 4) is 0 Å². The molecule has 2 aromatic carbocycles. The molecule has 3 aromatic rings. The van der Waals surface area contributed by atoms with Crippen LogP contribution < -0.4 is 5.32 Å². The molecule has 0 bridgehead atoms. The number of likely N-dealkylation sites (tertiary alicyclic amines) is 1. The Balaban J connectivity index is 1.57. The van der Waals surface area contributed by atoms with Crippen molar-refractivity contribution in [1.29, 1.82) is 0 Å². The van der Waals surface area contributed by atoms with E-state index in [0.29, 0.717) is 18.4 Å². The Bertz CT molecular complexity index is 1050. The summed E-state index contributed by atoms with van der Waals surface area (Å²) in [5, 5.41) is 4.34. The first kappa shape index (κ1) is 19.6. The standard InChI is InChI=1S/C24H28FN3O/c1-16-7-6-8-19-20(17(2)26-23(16)19)15-28-13-11-24(12-14-28,27-18(3)29)21-9-4-5-10-22(21)25/h4-10,26H,11-15H2,1-3H3,(H,27,29).